The minimum absolute atomic E-state index is 0.0991. The van der Waals surface area contributed by atoms with E-state index in [1.807, 2.05) is 0 Å². The number of nitrogens with one attached hydrogen (secondary N) is 1. The van der Waals surface area contributed by atoms with E-state index in [2.05, 4.69) is 9.51 Å². The maximum atomic E-state index is 10.9. The van der Waals surface area contributed by atoms with Crippen molar-refractivity contribution in [3.8, 4) is 0 Å². The average molecular weight is 322 g/mol. The van der Waals surface area contributed by atoms with E-state index in [4.69, 9.17) is 25.7 Å². The Morgan fingerprint density at radius 2 is 2.24 bits per heavy atom. The third-order valence-electron chi connectivity index (χ3n) is 2.92. The van der Waals surface area contributed by atoms with Crippen LogP contribution >= 0.6 is 7.82 Å². The predicted octanol–water partition coefficient (Wildman–Crippen LogP) is -2.33. The van der Waals surface area contributed by atoms with Crippen LogP contribution in [0.3, 0.4) is 0 Å². The predicted molar refractivity (Wildman–Crippen MR) is 66.4 cm³/mol. The van der Waals surface area contributed by atoms with Gasteiger partial charge in [-0.15, -0.1) is 0 Å². The fourth-order valence-corrected chi connectivity index (χ4v) is 2.62. The zero-order valence-corrected chi connectivity index (χ0v) is 11.5. The van der Waals surface area contributed by atoms with Crippen molar-refractivity contribution in [2.75, 3.05) is 12.3 Å². The Morgan fingerprint density at radius 3 is 2.76 bits per heavy atom. The van der Waals surface area contributed by atoms with Crippen LogP contribution in [0, 0.1) is 5.41 Å². The topological polar surface area (TPSA) is 184 Å². The molecule has 0 aliphatic carbocycles. The van der Waals surface area contributed by atoms with Crippen molar-refractivity contribution >= 4 is 13.8 Å². The molecule has 0 amide bonds. The molecule has 1 aromatic heterocycles. The van der Waals surface area contributed by atoms with Crippen molar-refractivity contribution in [2.45, 2.75) is 24.5 Å². The Labute approximate surface area is 118 Å². The summed E-state index contributed by atoms with van der Waals surface area (Å²) in [4.78, 5) is 21.3. The van der Waals surface area contributed by atoms with Gasteiger partial charge in [-0.25, -0.2) is 4.57 Å². The van der Waals surface area contributed by atoms with Crippen LogP contribution in [0.15, 0.2) is 12.3 Å². The van der Waals surface area contributed by atoms with Crippen LogP contribution in [0.25, 0.3) is 0 Å². The van der Waals surface area contributed by atoms with Gasteiger partial charge in [0, 0.05) is 6.20 Å². The van der Waals surface area contributed by atoms with Crippen LogP contribution in [-0.2, 0) is 13.8 Å². The van der Waals surface area contributed by atoms with Crippen LogP contribution in [-0.4, -0.2) is 54.5 Å². The first-order chi connectivity index (χ1) is 9.73. The molecule has 2 rings (SSSR count). The van der Waals surface area contributed by atoms with Crippen molar-refractivity contribution in [1.29, 1.82) is 5.41 Å². The quantitative estimate of drug-likeness (QED) is 0.331. The fourth-order valence-electron chi connectivity index (χ4n) is 2.05. The molecule has 7 N–H and O–H groups in total. The highest BCUT2D eigenvalue weighted by atomic mass is 31.2. The Balaban J connectivity index is 2.30. The molecule has 118 valence electrons. The number of hydrogen-bond acceptors (Lipinski definition) is 8. The molecule has 1 saturated heterocycles. The van der Waals surface area contributed by atoms with E-state index < -0.39 is 39.0 Å². The highest BCUT2D eigenvalue weighted by Gasteiger charge is 2.48. The SMILES string of the molecule is N=c1ccn([C@@H]2O[C@H](CO)[C@@H](OP(=O)(O)O)[C@@H]2O)c(N)n1. The molecule has 1 aliphatic rings. The fraction of sp³-hybridized carbons (Fsp3) is 0.556. The highest BCUT2D eigenvalue weighted by molar-refractivity contribution is 7.46. The van der Waals surface area contributed by atoms with Gasteiger partial charge in [-0.1, -0.05) is 0 Å². The molecule has 11 nitrogen and oxygen atoms in total. The van der Waals surface area contributed by atoms with Crippen molar-refractivity contribution in [3.05, 3.63) is 17.8 Å². The second-order valence-electron chi connectivity index (χ2n) is 4.38. The number of hydrogen-bond donors (Lipinski definition) is 6. The second-order valence-corrected chi connectivity index (χ2v) is 5.57. The zero-order valence-electron chi connectivity index (χ0n) is 10.6. The molecule has 0 bridgehead atoms. The van der Waals surface area contributed by atoms with Gasteiger partial charge >= 0.3 is 7.82 Å². The molecular weight excluding hydrogens is 307 g/mol. The number of aliphatic hydroxyl groups is 2. The number of phosphoric ester groups is 1. The van der Waals surface area contributed by atoms with Gasteiger partial charge in [0.25, 0.3) is 0 Å². The zero-order chi connectivity index (χ0) is 15.8. The minimum Gasteiger partial charge on any atom is -0.394 e. The summed E-state index contributed by atoms with van der Waals surface area (Å²) in [5.74, 6) is -0.139. The van der Waals surface area contributed by atoms with Crippen molar-refractivity contribution in [3.63, 3.8) is 0 Å². The Hall–Kier alpha value is -1.33. The smallest absolute Gasteiger partial charge is 0.394 e. The summed E-state index contributed by atoms with van der Waals surface area (Å²) < 4.78 is 21.8. The number of phosphoric acid groups is 1. The molecule has 0 unspecified atom stereocenters. The Bertz CT molecular complexity index is 616. The van der Waals surface area contributed by atoms with Gasteiger partial charge in [-0.05, 0) is 6.07 Å². The summed E-state index contributed by atoms with van der Waals surface area (Å²) >= 11 is 0. The third kappa shape index (κ3) is 3.47. The lowest BCUT2D eigenvalue weighted by Crippen LogP contribution is -2.35. The molecular formula is C9H15N4O7P. The Morgan fingerprint density at radius 1 is 1.57 bits per heavy atom. The van der Waals surface area contributed by atoms with Gasteiger partial charge in [0.05, 0.1) is 6.61 Å². The molecule has 1 fully saturated rings. The van der Waals surface area contributed by atoms with Crippen LogP contribution in [0.4, 0.5) is 5.95 Å². The average Bonchev–Trinajstić information content (AvgIpc) is 2.65. The molecule has 1 aromatic rings. The van der Waals surface area contributed by atoms with E-state index in [9.17, 15) is 14.8 Å². The standard InChI is InChI=1S/C9H15N4O7P/c10-5-1-2-13(9(11)12-5)8-6(15)7(4(3-14)19-8)20-21(16,17)18/h1-2,4,6-8,14-15H,3H2,(H3,10,11,12)(H2,16,17,18)/t4-,6+,7-,8-/m1/s1. The minimum atomic E-state index is -4.88. The maximum Gasteiger partial charge on any atom is 0.470 e. The summed E-state index contributed by atoms with van der Waals surface area (Å²) in [5, 5.41) is 26.6. The number of ether oxygens (including phenoxy) is 1. The number of aliphatic hydroxyl groups excluding tert-OH is 2. The number of nitrogens with two attached hydrogens (primary N) is 1. The molecule has 1 aliphatic heterocycles. The van der Waals surface area contributed by atoms with Gasteiger partial charge < -0.3 is 30.5 Å². The van der Waals surface area contributed by atoms with Crippen LogP contribution < -0.4 is 11.2 Å². The molecule has 21 heavy (non-hydrogen) atoms. The van der Waals surface area contributed by atoms with Crippen molar-refractivity contribution < 1.29 is 33.8 Å². The first-order valence-corrected chi connectivity index (χ1v) is 7.33. The maximum absolute atomic E-state index is 10.9. The van der Waals surface area contributed by atoms with Gasteiger partial charge in [0.2, 0.25) is 5.95 Å². The highest BCUT2D eigenvalue weighted by Crippen LogP contribution is 2.43. The molecule has 0 saturated carbocycles. The van der Waals surface area contributed by atoms with E-state index in [0.29, 0.717) is 0 Å². The summed E-state index contributed by atoms with van der Waals surface area (Å²) in [7, 11) is -4.88. The third-order valence-corrected chi connectivity index (χ3v) is 3.43. The monoisotopic (exact) mass is 322 g/mol. The lowest BCUT2D eigenvalue weighted by atomic mass is 10.1. The molecule has 2 heterocycles. The summed E-state index contributed by atoms with van der Waals surface area (Å²) in [6.45, 7) is -0.622. The van der Waals surface area contributed by atoms with Crippen molar-refractivity contribution in [1.82, 2.24) is 9.55 Å². The van der Waals surface area contributed by atoms with Gasteiger partial charge in [-0.3, -0.25) is 14.5 Å². The number of nitrogen functional groups attached to an aromatic ring is 1. The molecule has 0 spiro atoms. The number of anilines is 1. The largest absolute Gasteiger partial charge is 0.470 e. The van der Waals surface area contributed by atoms with E-state index in [1.54, 1.807) is 0 Å². The summed E-state index contributed by atoms with van der Waals surface area (Å²) in [6.07, 6.45) is -3.93. The van der Waals surface area contributed by atoms with E-state index >= 15 is 0 Å². The summed E-state index contributed by atoms with van der Waals surface area (Å²) in [5.41, 5.74) is 5.51. The molecule has 4 atom stereocenters. The molecule has 0 radical (unpaired) electrons. The van der Waals surface area contributed by atoms with E-state index in [0.717, 1.165) is 0 Å². The van der Waals surface area contributed by atoms with Crippen LogP contribution in [0.5, 0.6) is 0 Å². The first-order valence-electron chi connectivity index (χ1n) is 5.80. The number of aromatic nitrogens is 2. The van der Waals surface area contributed by atoms with E-state index in [1.165, 1.54) is 16.8 Å². The van der Waals surface area contributed by atoms with Crippen molar-refractivity contribution in [2.24, 2.45) is 0 Å². The lowest BCUT2D eigenvalue weighted by molar-refractivity contribution is -0.0521. The second kappa shape index (κ2) is 5.81. The Kier molecular flexibility index (Phi) is 4.44. The first kappa shape index (κ1) is 16.0. The van der Waals surface area contributed by atoms with Gasteiger partial charge in [0.15, 0.2) is 6.23 Å². The lowest BCUT2D eigenvalue weighted by Gasteiger charge is -2.21. The van der Waals surface area contributed by atoms with E-state index in [-0.39, 0.29) is 11.4 Å². The van der Waals surface area contributed by atoms with Gasteiger partial charge in [-0.2, -0.15) is 4.98 Å². The van der Waals surface area contributed by atoms with Crippen LogP contribution in [0.1, 0.15) is 6.23 Å². The summed E-state index contributed by atoms with van der Waals surface area (Å²) in [6, 6.07) is 1.29. The van der Waals surface area contributed by atoms with Gasteiger partial charge in [0.1, 0.15) is 23.8 Å². The number of rotatable bonds is 4. The normalized spacial score (nSPS) is 29.7. The molecule has 12 heteroatoms. The number of nitrogens with zero attached hydrogens (tertiary/aromatic N) is 2. The van der Waals surface area contributed by atoms with Crippen LogP contribution in [0.2, 0.25) is 0 Å². The molecule has 0 aromatic carbocycles.